The molecule has 6 nitrogen and oxygen atoms in total. The zero-order chi connectivity index (χ0) is 21.6. The largest absolute Gasteiger partial charge is 0.482 e. The zero-order valence-electron chi connectivity index (χ0n) is 18.9. The molecule has 0 aromatic heterocycles. The second kappa shape index (κ2) is 10.1. The van der Waals surface area contributed by atoms with Crippen LogP contribution in [0.15, 0.2) is 18.2 Å². The summed E-state index contributed by atoms with van der Waals surface area (Å²) in [7, 11) is 0. The number of carbonyl (C=O) groups excluding carboxylic acids is 2. The maximum atomic E-state index is 12.6. The van der Waals surface area contributed by atoms with Crippen molar-refractivity contribution in [2.45, 2.75) is 65.8 Å². The fourth-order valence-corrected chi connectivity index (χ4v) is 3.64. The van der Waals surface area contributed by atoms with E-state index in [1.807, 2.05) is 25.1 Å². The fourth-order valence-electron chi connectivity index (χ4n) is 3.64. The Morgan fingerprint density at radius 2 is 1.97 bits per heavy atom. The molecule has 0 bridgehead atoms. The van der Waals surface area contributed by atoms with Gasteiger partial charge in [0.15, 0.2) is 6.61 Å². The molecular formula is C23H38N3O3+. The topological polar surface area (TPSA) is 63.1 Å². The minimum Gasteiger partial charge on any atom is -0.482 e. The summed E-state index contributed by atoms with van der Waals surface area (Å²) in [6, 6.07) is 5.97. The van der Waals surface area contributed by atoms with E-state index >= 15 is 0 Å². The number of carbonyl (C=O) groups is 2. The van der Waals surface area contributed by atoms with E-state index in [9.17, 15) is 9.59 Å². The first-order valence-electron chi connectivity index (χ1n) is 10.9. The summed E-state index contributed by atoms with van der Waals surface area (Å²) in [4.78, 5) is 28.2. The van der Waals surface area contributed by atoms with Crippen molar-refractivity contribution >= 4 is 17.5 Å². The predicted octanol–water partition coefficient (Wildman–Crippen LogP) is 1.92. The first kappa shape index (κ1) is 23.2. The molecule has 0 aliphatic carbocycles. The van der Waals surface area contributed by atoms with E-state index in [1.165, 1.54) is 0 Å². The van der Waals surface area contributed by atoms with Crippen molar-refractivity contribution in [2.24, 2.45) is 0 Å². The van der Waals surface area contributed by atoms with Crippen molar-refractivity contribution in [2.75, 3.05) is 37.7 Å². The molecular weight excluding hydrogens is 366 g/mol. The molecule has 6 heteroatoms. The van der Waals surface area contributed by atoms with Crippen molar-refractivity contribution in [1.29, 1.82) is 0 Å². The molecule has 0 radical (unpaired) electrons. The average Bonchev–Trinajstić information content (AvgIpc) is 2.66. The Bertz CT molecular complexity index is 708. The molecule has 0 unspecified atom stereocenters. The van der Waals surface area contributed by atoms with Crippen molar-refractivity contribution in [3.63, 3.8) is 0 Å². The molecule has 2 rings (SSSR count). The molecule has 1 aromatic carbocycles. The van der Waals surface area contributed by atoms with Crippen LogP contribution in [-0.2, 0) is 15.0 Å². The normalized spacial score (nSPS) is 15.1. The molecule has 1 aromatic rings. The van der Waals surface area contributed by atoms with Gasteiger partial charge in [-0.25, -0.2) is 0 Å². The van der Waals surface area contributed by atoms with E-state index in [1.54, 1.807) is 9.80 Å². The van der Waals surface area contributed by atoms with Crippen LogP contribution in [0.4, 0.5) is 5.69 Å². The molecule has 1 heterocycles. The first-order chi connectivity index (χ1) is 13.7. The number of nitrogens with zero attached hydrogens (tertiary/aromatic N) is 1. The standard InChI is InChI=1S/C23H37N3O3/c1-7-25(8-2)13-9-10-17(3)24-21(27)15-26-19-14-18(23(4,5)6)11-12-20(19)29-16-22(26)28/h11-12,14,17H,7-10,13,15-16H2,1-6H3,(H,24,27)/p+1/t17-/m1/s1. The number of quaternary nitrogens is 1. The Morgan fingerprint density at radius 1 is 1.28 bits per heavy atom. The van der Waals surface area contributed by atoms with Crippen LogP contribution in [0.1, 0.15) is 59.9 Å². The Labute approximate surface area is 175 Å². The van der Waals surface area contributed by atoms with Gasteiger partial charge in [-0.15, -0.1) is 0 Å². The third-order valence-electron chi connectivity index (χ3n) is 5.64. The molecule has 2 N–H and O–H groups in total. The maximum Gasteiger partial charge on any atom is 0.265 e. The summed E-state index contributed by atoms with van der Waals surface area (Å²) in [6.45, 7) is 16.2. The highest BCUT2D eigenvalue weighted by molar-refractivity contribution is 6.02. The molecule has 29 heavy (non-hydrogen) atoms. The van der Waals surface area contributed by atoms with Crippen molar-refractivity contribution < 1.29 is 19.2 Å². The van der Waals surface area contributed by atoms with Gasteiger partial charge >= 0.3 is 0 Å². The minimum atomic E-state index is -0.184. The Kier molecular flexibility index (Phi) is 8.08. The number of nitrogens with one attached hydrogen (secondary N) is 2. The summed E-state index contributed by atoms with van der Waals surface area (Å²) < 4.78 is 5.57. The lowest BCUT2D eigenvalue weighted by atomic mass is 9.86. The molecule has 0 fully saturated rings. The van der Waals surface area contributed by atoms with Crippen molar-refractivity contribution in [3.05, 3.63) is 23.8 Å². The third-order valence-corrected chi connectivity index (χ3v) is 5.64. The van der Waals surface area contributed by atoms with Gasteiger partial charge in [0.2, 0.25) is 5.91 Å². The number of hydrogen-bond acceptors (Lipinski definition) is 3. The summed E-state index contributed by atoms with van der Waals surface area (Å²) in [6.07, 6.45) is 2.02. The van der Waals surface area contributed by atoms with E-state index < -0.39 is 0 Å². The van der Waals surface area contributed by atoms with E-state index in [-0.39, 0.29) is 36.4 Å². The lowest BCUT2D eigenvalue weighted by Crippen LogP contribution is -3.11. The Balaban J connectivity index is 1.99. The SMILES string of the molecule is CC[NH+](CC)CCC[C@@H](C)NC(=O)CN1C(=O)COc2ccc(C(C)(C)C)cc21. The highest BCUT2D eigenvalue weighted by atomic mass is 16.5. The Hall–Kier alpha value is -2.08. The lowest BCUT2D eigenvalue weighted by molar-refractivity contribution is -0.896. The second-order valence-corrected chi connectivity index (χ2v) is 9.02. The maximum absolute atomic E-state index is 12.6. The summed E-state index contributed by atoms with van der Waals surface area (Å²) in [5, 5.41) is 3.05. The highest BCUT2D eigenvalue weighted by Gasteiger charge is 2.29. The number of amides is 2. The van der Waals surface area contributed by atoms with Gasteiger partial charge in [-0.3, -0.25) is 14.5 Å². The van der Waals surface area contributed by atoms with Crippen LogP contribution in [0.3, 0.4) is 0 Å². The van der Waals surface area contributed by atoms with Gasteiger partial charge < -0.3 is 15.0 Å². The predicted molar refractivity (Wildman–Crippen MR) is 117 cm³/mol. The van der Waals surface area contributed by atoms with Crippen molar-refractivity contribution in [3.8, 4) is 5.75 Å². The second-order valence-electron chi connectivity index (χ2n) is 9.02. The van der Waals surface area contributed by atoms with E-state index in [4.69, 9.17) is 4.74 Å². The van der Waals surface area contributed by atoms with Gasteiger partial charge in [-0.05, 0) is 56.7 Å². The molecule has 2 amide bonds. The van der Waals surface area contributed by atoms with Crippen LogP contribution in [0.5, 0.6) is 5.75 Å². The minimum absolute atomic E-state index is 0.0222. The molecule has 0 saturated carbocycles. The lowest BCUT2D eigenvalue weighted by Gasteiger charge is -2.31. The number of fused-ring (bicyclic) bond motifs is 1. The third kappa shape index (κ3) is 6.46. The summed E-state index contributed by atoms with van der Waals surface area (Å²) >= 11 is 0. The average molecular weight is 405 g/mol. The molecule has 0 spiro atoms. The van der Waals surface area contributed by atoms with E-state index in [0.717, 1.165) is 38.0 Å². The highest BCUT2D eigenvalue weighted by Crippen LogP contribution is 2.36. The van der Waals surface area contributed by atoms with Gasteiger partial charge in [0.1, 0.15) is 12.3 Å². The molecule has 1 atom stereocenters. The van der Waals surface area contributed by atoms with Crippen LogP contribution in [-0.4, -0.2) is 50.6 Å². The van der Waals surface area contributed by atoms with Gasteiger partial charge in [0.25, 0.3) is 5.91 Å². The van der Waals surface area contributed by atoms with E-state index in [2.05, 4.69) is 39.9 Å². The molecule has 162 valence electrons. The van der Waals surface area contributed by atoms with Gasteiger partial charge in [-0.1, -0.05) is 26.8 Å². The van der Waals surface area contributed by atoms with E-state index in [0.29, 0.717) is 11.4 Å². The van der Waals surface area contributed by atoms with Crippen LogP contribution >= 0.6 is 0 Å². The smallest absolute Gasteiger partial charge is 0.265 e. The number of ether oxygens (including phenoxy) is 1. The zero-order valence-corrected chi connectivity index (χ0v) is 18.9. The molecule has 0 saturated heterocycles. The van der Waals surface area contributed by atoms with Crippen LogP contribution < -0.4 is 19.9 Å². The van der Waals surface area contributed by atoms with Crippen LogP contribution in [0.25, 0.3) is 0 Å². The number of hydrogen-bond donors (Lipinski definition) is 2. The summed E-state index contributed by atoms with van der Waals surface area (Å²) in [5.74, 6) is 0.340. The van der Waals surface area contributed by atoms with Gasteiger partial charge in [0, 0.05) is 6.04 Å². The molecule has 1 aliphatic rings. The van der Waals surface area contributed by atoms with Gasteiger partial charge in [-0.2, -0.15) is 0 Å². The van der Waals surface area contributed by atoms with Crippen LogP contribution in [0.2, 0.25) is 0 Å². The number of anilines is 1. The molecule has 1 aliphatic heterocycles. The first-order valence-corrected chi connectivity index (χ1v) is 10.9. The monoisotopic (exact) mass is 404 g/mol. The Morgan fingerprint density at radius 3 is 2.59 bits per heavy atom. The summed E-state index contributed by atoms with van der Waals surface area (Å²) in [5.41, 5.74) is 1.74. The number of benzene rings is 1. The van der Waals surface area contributed by atoms with Gasteiger partial charge in [0.05, 0.1) is 25.3 Å². The fraction of sp³-hybridized carbons (Fsp3) is 0.652. The number of rotatable bonds is 9. The van der Waals surface area contributed by atoms with Crippen LogP contribution in [0, 0.1) is 0 Å². The van der Waals surface area contributed by atoms with Crippen molar-refractivity contribution in [1.82, 2.24) is 5.32 Å². The quantitative estimate of drug-likeness (QED) is 0.661.